The largest absolute Gasteiger partial charge is 0.370 e. The van der Waals surface area contributed by atoms with Crippen molar-refractivity contribution in [3.05, 3.63) is 47.0 Å². The summed E-state index contributed by atoms with van der Waals surface area (Å²) in [5.41, 5.74) is 3.79. The Balaban J connectivity index is 0.00000243. The number of benzene rings is 1. The molecule has 1 saturated heterocycles. The van der Waals surface area contributed by atoms with Crippen LogP contribution in [0.15, 0.2) is 29.5 Å². The van der Waals surface area contributed by atoms with Crippen molar-refractivity contribution in [3.8, 4) is 0 Å². The van der Waals surface area contributed by atoms with Crippen LogP contribution in [0.25, 0.3) is 0 Å². The molecule has 7 nitrogen and oxygen atoms in total. The number of aromatic nitrogens is 3. The minimum atomic E-state index is 0. The Hall–Kier alpha value is -1.68. The van der Waals surface area contributed by atoms with Crippen LogP contribution in [0.3, 0.4) is 0 Å². The van der Waals surface area contributed by atoms with Gasteiger partial charge in [-0.15, -0.1) is 34.2 Å². The third-order valence-electron chi connectivity index (χ3n) is 4.56. The summed E-state index contributed by atoms with van der Waals surface area (Å²) < 4.78 is 7.93. The van der Waals surface area contributed by atoms with Crippen molar-refractivity contribution < 1.29 is 4.74 Å². The van der Waals surface area contributed by atoms with Gasteiger partial charge in [-0.1, -0.05) is 23.8 Å². The van der Waals surface area contributed by atoms with Crippen LogP contribution in [0.4, 0.5) is 0 Å². The van der Waals surface area contributed by atoms with E-state index < -0.39 is 0 Å². The molecule has 0 amide bonds. The van der Waals surface area contributed by atoms with Crippen molar-refractivity contribution in [2.24, 2.45) is 12.0 Å². The smallest absolute Gasteiger partial charge is 0.194 e. The maximum atomic E-state index is 6.03. The summed E-state index contributed by atoms with van der Waals surface area (Å²) in [6.07, 6.45) is 1.76. The number of aliphatic imine (C=N–C) groups is 1. The van der Waals surface area contributed by atoms with E-state index in [0.29, 0.717) is 13.2 Å². The number of nitrogens with zero attached hydrogens (tertiary/aromatic N) is 5. The summed E-state index contributed by atoms with van der Waals surface area (Å²) in [7, 11) is 3.74. The van der Waals surface area contributed by atoms with Gasteiger partial charge in [0.25, 0.3) is 0 Å². The Morgan fingerprint density at radius 2 is 2.19 bits per heavy atom. The molecule has 8 heteroatoms. The molecule has 3 rings (SSSR count). The van der Waals surface area contributed by atoms with Crippen LogP contribution < -0.4 is 5.32 Å². The predicted octanol–water partition coefficient (Wildman–Crippen LogP) is 2.20. The van der Waals surface area contributed by atoms with Crippen molar-refractivity contribution in [2.75, 3.05) is 26.7 Å². The first-order chi connectivity index (χ1) is 12.1. The molecule has 1 aromatic carbocycles. The fourth-order valence-electron chi connectivity index (χ4n) is 3.17. The van der Waals surface area contributed by atoms with Crippen molar-refractivity contribution in [1.29, 1.82) is 0 Å². The molecule has 26 heavy (non-hydrogen) atoms. The second kappa shape index (κ2) is 9.31. The van der Waals surface area contributed by atoms with Gasteiger partial charge >= 0.3 is 0 Å². The van der Waals surface area contributed by atoms with Gasteiger partial charge in [0.15, 0.2) is 11.8 Å². The monoisotopic (exact) mass is 470 g/mol. The lowest BCUT2D eigenvalue weighted by atomic mass is 10.00. The first-order valence-electron chi connectivity index (χ1n) is 8.55. The quantitative estimate of drug-likeness (QED) is 0.424. The highest BCUT2D eigenvalue weighted by Crippen LogP contribution is 2.25. The molecule has 1 aliphatic heterocycles. The second-order valence-corrected chi connectivity index (χ2v) is 6.42. The third kappa shape index (κ3) is 4.73. The predicted molar refractivity (Wildman–Crippen MR) is 113 cm³/mol. The third-order valence-corrected chi connectivity index (χ3v) is 4.56. The number of guanidine groups is 1. The lowest BCUT2D eigenvalue weighted by molar-refractivity contribution is -0.00835. The van der Waals surface area contributed by atoms with E-state index in [-0.39, 0.29) is 30.1 Å². The summed E-state index contributed by atoms with van der Waals surface area (Å²) in [5, 5.41) is 11.4. The molecule has 1 aliphatic rings. The van der Waals surface area contributed by atoms with E-state index in [9.17, 15) is 0 Å². The topological polar surface area (TPSA) is 67.6 Å². The minimum Gasteiger partial charge on any atom is -0.370 e. The standard InChI is InChI=1S/C18H26N6O.HI/c1-13-5-6-15(14(2)9-13)16-11-24(7-8-25-16)18(19-3)20-10-17-22-21-12-23(17)4;/h5-6,9,12,16H,7-8,10-11H2,1-4H3,(H,19,20);1H. The molecule has 0 radical (unpaired) electrons. The molecule has 2 heterocycles. The molecule has 2 aromatic rings. The zero-order valence-corrected chi connectivity index (χ0v) is 18.1. The van der Waals surface area contributed by atoms with Crippen molar-refractivity contribution in [2.45, 2.75) is 26.5 Å². The number of ether oxygens (including phenoxy) is 1. The van der Waals surface area contributed by atoms with E-state index >= 15 is 0 Å². The highest BCUT2D eigenvalue weighted by molar-refractivity contribution is 14.0. The second-order valence-electron chi connectivity index (χ2n) is 6.42. The maximum Gasteiger partial charge on any atom is 0.194 e. The van der Waals surface area contributed by atoms with Crippen LogP contribution in [-0.2, 0) is 18.3 Å². The van der Waals surface area contributed by atoms with E-state index in [1.807, 2.05) is 11.6 Å². The van der Waals surface area contributed by atoms with E-state index in [4.69, 9.17) is 4.74 Å². The Kier molecular flexibility index (Phi) is 7.39. The van der Waals surface area contributed by atoms with Crippen LogP contribution in [-0.4, -0.2) is 52.4 Å². The lowest BCUT2D eigenvalue weighted by Gasteiger charge is -2.35. The first-order valence-corrected chi connectivity index (χ1v) is 8.55. The molecule has 1 unspecified atom stereocenters. The van der Waals surface area contributed by atoms with E-state index in [1.54, 1.807) is 13.4 Å². The van der Waals surface area contributed by atoms with Gasteiger partial charge in [0.2, 0.25) is 0 Å². The molecule has 0 aliphatic carbocycles. The van der Waals surface area contributed by atoms with Crippen LogP contribution in [0, 0.1) is 13.8 Å². The first kappa shape index (κ1) is 20.6. The molecule has 142 valence electrons. The van der Waals surface area contributed by atoms with Gasteiger partial charge in [0, 0.05) is 20.6 Å². The van der Waals surface area contributed by atoms with Crippen LogP contribution in [0.2, 0.25) is 0 Å². The van der Waals surface area contributed by atoms with Crippen LogP contribution in [0.5, 0.6) is 0 Å². The molecule has 0 bridgehead atoms. The van der Waals surface area contributed by atoms with Crippen molar-refractivity contribution in [1.82, 2.24) is 25.0 Å². The molecule has 1 fully saturated rings. The fraction of sp³-hybridized carbons (Fsp3) is 0.500. The number of nitrogens with one attached hydrogen (secondary N) is 1. The van der Waals surface area contributed by atoms with Crippen LogP contribution >= 0.6 is 24.0 Å². The van der Waals surface area contributed by atoms with Crippen molar-refractivity contribution >= 4 is 29.9 Å². The fourth-order valence-corrected chi connectivity index (χ4v) is 3.17. The molecule has 0 saturated carbocycles. The number of morpholine rings is 1. The molecule has 0 spiro atoms. The lowest BCUT2D eigenvalue weighted by Crippen LogP contribution is -2.48. The normalized spacial score (nSPS) is 17.8. The zero-order chi connectivity index (χ0) is 17.8. The van der Waals surface area contributed by atoms with Gasteiger partial charge in [-0.2, -0.15) is 0 Å². The summed E-state index contributed by atoms with van der Waals surface area (Å²) in [6.45, 7) is 7.13. The van der Waals surface area contributed by atoms with Crippen LogP contribution in [0.1, 0.15) is 28.6 Å². The summed E-state index contributed by atoms with van der Waals surface area (Å²) >= 11 is 0. The Bertz CT molecular complexity index is 760. The van der Waals surface area contributed by atoms with Crippen molar-refractivity contribution in [3.63, 3.8) is 0 Å². The van der Waals surface area contributed by atoms with Gasteiger partial charge in [0.1, 0.15) is 12.4 Å². The zero-order valence-electron chi connectivity index (χ0n) is 15.8. The number of hydrogen-bond donors (Lipinski definition) is 1. The van der Waals surface area contributed by atoms with E-state index in [0.717, 1.165) is 24.9 Å². The number of aryl methyl sites for hydroxylation is 3. The van der Waals surface area contributed by atoms with Gasteiger partial charge in [-0.05, 0) is 25.0 Å². The Morgan fingerprint density at radius 1 is 1.38 bits per heavy atom. The minimum absolute atomic E-state index is 0. The number of hydrogen-bond acceptors (Lipinski definition) is 4. The van der Waals surface area contributed by atoms with E-state index in [2.05, 4.69) is 57.5 Å². The highest BCUT2D eigenvalue weighted by Gasteiger charge is 2.25. The summed E-state index contributed by atoms with van der Waals surface area (Å²) in [5.74, 6) is 1.74. The maximum absolute atomic E-state index is 6.03. The van der Waals surface area contributed by atoms with E-state index in [1.165, 1.54) is 16.7 Å². The molecular weight excluding hydrogens is 443 g/mol. The van der Waals surface area contributed by atoms with Gasteiger partial charge < -0.3 is 19.5 Å². The molecule has 1 aromatic heterocycles. The average molecular weight is 470 g/mol. The van der Waals surface area contributed by atoms with Gasteiger partial charge in [-0.25, -0.2) is 0 Å². The Morgan fingerprint density at radius 3 is 2.85 bits per heavy atom. The highest BCUT2D eigenvalue weighted by atomic mass is 127. The van der Waals surface area contributed by atoms with Gasteiger partial charge in [-0.3, -0.25) is 4.99 Å². The number of rotatable bonds is 3. The SMILES string of the molecule is CN=C(NCc1nncn1C)N1CCOC(c2ccc(C)cc2C)C1.I. The molecular formula is C18H27IN6O. The number of halogens is 1. The molecule has 1 N–H and O–H groups in total. The van der Waals surface area contributed by atoms with Gasteiger partial charge in [0.05, 0.1) is 19.7 Å². The Labute approximate surface area is 171 Å². The summed E-state index contributed by atoms with van der Waals surface area (Å²) in [4.78, 5) is 6.66. The summed E-state index contributed by atoms with van der Waals surface area (Å²) in [6, 6.07) is 6.53. The molecule has 1 atom stereocenters. The average Bonchev–Trinajstić information content (AvgIpc) is 3.01.